The van der Waals surface area contributed by atoms with Crippen LogP contribution in [0.25, 0.3) is 0 Å². The molecule has 0 bridgehead atoms. The van der Waals surface area contributed by atoms with Crippen LogP contribution in [0.4, 0.5) is 5.69 Å². The van der Waals surface area contributed by atoms with Crippen molar-refractivity contribution < 1.29 is 14.6 Å². The fraction of sp³-hybridized carbons (Fsp3) is 0.533. The predicted molar refractivity (Wildman–Crippen MR) is 76.3 cm³/mol. The first-order valence-corrected chi connectivity index (χ1v) is 6.70. The molecular formula is C15H23NO3. The van der Waals surface area contributed by atoms with Crippen LogP contribution in [0.5, 0.6) is 0 Å². The molecule has 0 aliphatic rings. The minimum atomic E-state index is -0.713. The predicted octanol–water partition coefficient (Wildman–Crippen LogP) is 2.00. The van der Waals surface area contributed by atoms with E-state index in [4.69, 9.17) is 4.74 Å². The number of esters is 1. The van der Waals surface area contributed by atoms with Crippen molar-refractivity contribution in [2.75, 3.05) is 25.1 Å². The normalized spacial score (nSPS) is 12.0. The van der Waals surface area contributed by atoms with Gasteiger partial charge in [0.15, 0.2) is 0 Å². The van der Waals surface area contributed by atoms with Crippen LogP contribution in [0.15, 0.2) is 24.3 Å². The van der Waals surface area contributed by atoms with E-state index in [9.17, 15) is 9.90 Å². The van der Waals surface area contributed by atoms with Crippen LogP contribution in [0, 0.1) is 0 Å². The van der Waals surface area contributed by atoms with Crippen LogP contribution in [0.2, 0.25) is 0 Å². The van der Waals surface area contributed by atoms with E-state index in [0.29, 0.717) is 13.2 Å². The van der Waals surface area contributed by atoms with E-state index in [2.05, 4.69) is 19.1 Å². The van der Waals surface area contributed by atoms with Crippen LogP contribution in [0.1, 0.15) is 25.8 Å². The lowest BCUT2D eigenvalue weighted by atomic mass is 10.1. The summed E-state index contributed by atoms with van der Waals surface area (Å²) in [4.78, 5) is 13.2. The Labute approximate surface area is 115 Å². The molecule has 1 N–H and O–H groups in total. The van der Waals surface area contributed by atoms with Crippen LogP contribution < -0.4 is 4.90 Å². The van der Waals surface area contributed by atoms with Crippen LogP contribution >= 0.6 is 0 Å². The highest BCUT2D eigenvalue weighted by atomic mass is 16.5. The minimum absolute atomic E-state index is 0.0330. The number of rotatable bonds is 7. The molecule has 1 unspecified atom stereocenters. The molecule has 0 saturated heterocycles. The molecule has 0 aromatic heterocycles. The van der Waals surface area contributed by atoms with Crippen molar-refractivity contribution in [3.05, 3.63) is 29.8 Å². The van der Waals surface area contributed by atoms with Crippen molar-refractivity contribution in [1.82, 2.24) is 0 Å². The molecule has 0 fully saturated rings. The third-order valence-corrected chi connectivity index (χ3v) is 2.98. The average molecular weight is 265 g/mol. The number of aryl methyl sites for hydroxylation is 1. The zero-order valence-corrected chi connectivity index (χ0v) is 11.9. The molecule has 0 aliphatic carbocycles. The maximum atomic E-state index is 11.3. The Balaban J connectivity index is 2.48. The first kappa shape index (κ1) is 15.5. The van der Waals surface area contributed by atoms with Gasteiger partial charge >= 0.3 is 5.97 Å². The van der Waals surface area contributed by atoms with E-state index in [1.54, 1.807) is 6.92 Å². The van der Waals surface area contributed by atoms with Crippen molar-refractivity contribution in [1.29, 1.82) is 0 Å². The third-order valence-electron chi connectivity index (χ3n) is 2.98. The fourth-order valence-corrected chi connectivity index (χ4v) is 1.88. The quantitative estimate of drug-likeness (QED) is 0.766. The number of likely N-dealkylation sites (N-methyl/N-ethyl adjacent to an activating group) is 1. The Morgan fingerprint density at radius 2 is 1.95 bits per heavy atom. The number of hydrogen-bond acceptors (Lipinski definition) is 4. The number of aliphatic hydroxyl groups is 1. The molecular weight excluding hydrogens is 242 g/mol. The summed E-state index contributed by atoms with van der Waals surface area (Å²) in [5.74, 6) is -0.357. The van der Waals surface area contributed by atoms with Crippen molar-refractivity contribution in [3.63, 3.8) is 0 Å². The zero-order valence-electron chi connectivity index (χ0n) is 11.9. The van der Waals surface area contributed by atoms with E-state index in [1.165, 1.54) is 5.56 Å². The number of hydrogen-bond donors (Lipinski definition) is 1. The van der Waals surface area contributed by atoms with Gasteiger partial charge in [-0.2, -0.15) is 0 Å². The molecule has 0 amide bonds. The summed E-state index contributed by atoms with van der Waals surface area (Å²) in [6.45, 7) is 4.62. The maximum Gasteiger partial charge on any atom is 0.308 e. The van der Waals surface area contributed by atoms with Crippen LogP contribution in [-0.2, 0) is 16.0 Å². The maximum absolute atomic E-state index is 11.3. The molecule has 1 aromatic rings. The van der Waals surface area contributed by atoms with Crippen molar-refractivity contribution in [2.45, 2.75) is 32.8 Å². The van der Waals surface area contributed by atoms with Gasteiger partial charge in [-0.25, -0.2) is 0 Å². The topological polar surface area (TPSA) is 49.8 Å². The van der Waals surface area contributed by atoms with Gasteiger partial charge in [0.1, 0.15) is 0 Å². The second-order valence-corrected chi connectivity index (χ2v) is 4.56. The summed E-state index contributed by atoms with van der Waals surface area (Å²) < 4.78 is 4.81. The van der Waals surface area contributed by atoms with Crippen LogP contribution in [0.3, 0.4) is 0 Å². The molecule has 1 aromatic carbocycles. The second-order valence-electron chi connectivity index (χ2n) is 4.56. The fourth-order valence-electron chi connectivity index (χ4n) is 1.88. The Hall–Kier alpha value is -1.55. The first-order chi connectivity index (χ1) is 9.06. The van der Waals surface area contributed by atoms with E-state index < -0.39 is 6.10 Å². The largest absolute Gasteiger partial charge is 0.466 e. The highest BCUT2D eigenvalue weighted by Crippen LogP contribution is 2.15. The van der Waals surface area contributed by atoms with Gasteiger partial charge in [0, 0.05) is 19.3 Å². The zero-order chi connectivity index (χ0) is 14.3. The summed E-state index contributed by atoms with van der Waals surface area (Å²) in [6.07, 6.45) is 0.329. The number of benzene rings is 1. The molecule has 0 aliphatic heterocycles. The lowest BCUT2D eigenvalue weighted by molar-refractivity contribution is -0.145. The molecule has 1 atom stereocenters. The lowest BCUT2D eigenvalue weighted by Crippen LogP contribution is -2.31. The summed E-state index contributed by atoms with van der Waals surface area (Å²) in [5.41, 5.74) is 2.31. The Morgan fingerprint density at radius 1 is 1.32 bits per heavy atom. The Kier molecular flexibility index (Phi) is 6.36. The molecule has 0 heterocycles. The van der Waals surface area contributed by atoms with Crippen molar-refractivity contribution in [2.24, 2.45) is 0 Å². The number of anilines is 1. The average Bonchev–Trinajstić information content (AvgIpc) is 2.38. The molecule has 0 spiro atoms. The molecule has 0 saturated carbocycles. The van der Waals surface area contributed by atoms with E-state index >= 15 is 0 Å². The van der Waals surface area contributed by atoms with E-state index in [1.807, 2.05) is 24.1 Å². The SMILES string of the molecule is CCOC(=O)CC(O)CN(C)c1ccc(CC)cc1. The molecule has 0 radical (unpaired) electrons. The van der Waals surface area contributed by atoms with Crippen molar-refractivity contribution >= 4 is 11.7 Å². The smallest absolute Gasteiger partial charge is 0.308 e. The monoisotopic (exact) mass is 265 g/mol. The van der Waals surface area contributed by atoms with Gasteiger partial charge in [-0.3, -0.25) is 4.79 Å². The van der Waals surface area contributed by atoms with Gasteiger partial charge in [-0.1, -0.05) is 19.1 Å². The standard InChI is InChI=1S/C15H23NO3/c1-4-12-6-8-13(9-7-12)16(3)11-14(17)10-15(18)19-5-2/h6-9,14,17H,4-5,10-11H2,1-3H3. The number of carbonyl (C=O) groups is 1. The van der Waals surface area contributed by atoms with Gasteiger partial charge < -0.3 is 14.7 Å². The van der Waals surface area contributed by atoms with Gasteiger partial charge in [-0.15, -0.1) is 0 Å². The van der Waals surface area contributed by atoms with Gasteiger partial charge in [0.2, 0.25) is 0 Å². The Morgan fingerprint density at radius 3 is 2.47 bits per heavy atom. The number of nitrogens with zero attached hydrogens (tertiary/aromatic N) is 1. The molecule has 4 heteroatoms. The van der Waals surface area contributed by atoms with Gasteiger partial charge in [-0.05, 0) is 31.0 Å². The van der Waals surface area contributed by atoms with Gasteiger partial charge in [0.05, 0.1) is 19.1 Å². The molecule has 19 heavy (non-hydrogen) atoms. The molecule has 106 valence electrons. The van der Waals surface area contributed by atoms with Crippen LogP contribution in [-0.4, -0.2) is 37.4 Å². The summed E-state index contributed by atoms with van der Waals surface area (Å²) in [6, 6.07) is 8.19. The number of ether oxygens (including phenoxy) is 1. The highest BCUT2D eigenvalue weighted by Gasteiger charge is 2.14. The van der Waals surface area contributed by atoms with Crippen molar-refractivity contribution in [3.8, 4) is 0 Å². The summed E-state index contributed by atoms with van der Waals surface area (Å²) in [5, 5.41) is 9.84. The van der Waals surface area contributed by atoms with E-state index in [-0.39, 0.29) is 12.4 Å². The number of aliphatic hydroxyl groups excluding tert-OH is 1. The second kappa shape index (κ2) is 7.79. The molecule has 4 nitrogen and oxygen atoms in total. The van der Waals surface area contributed by atoms with Gasteiger partial charge in [0.25, 0.3) is 0 Å². The number of carbonyl (C=O) groups excluding carboxylic acids is 1. The summed E-state index contributed by atoms with van der Waals surface area (Å²) >= 11 is 0. The summed E-state index contributed by atoms with van der Waals surface area (Å²) in [7, 11) is 1.90. The first-order valence-electron chi connectivity index (χ1n) is 6.70. The molecule has 1 rings (SSSR count). The minimum Gasteiger partial charge on any atom is -0.466 e. The Bertz CT molecular complexity index is 389. The van der Waals surface area contributed by atoms with E-state index in [0.717, 1.165) is 12.1 Å². The lowest BCUT2D eigenvalue weighted by Gasteiger charge is -2.22. The third kappa shape index (κ3) is 5.30. The highest BCUT2D eigenvalue weighted by molar-refractivity contribution is 5.70.